The molecule has 2 heterocycles. The molecule has 3 heteroatoms. The molecule has 0 unspecified atom stereocenters. The Morgan fingerprint density at radius 3 is 2.93 bits per heavy atom. The van der Waals surface area contributed by atoms with E-state index in [1.54, 1.807) is 11.3 Å². The molecule has 0 atom stereocenters. The lowest BCUT2D eigenvalue weighted by Crippen LogP contribution is -2.29. The van der Waals surface area contributed by atoms with Crippen LogP contribution < -0.4 is 5.73 Å². The first-order valence-corrected chi connectivity index (χ1v) is 5.56. The fourth-order valence-corrected chi connectivity index (χ4v) is 2.54. The topological polar surface area (TPSA) is 38.9 Å². The number of thiophene rings is 1. The molecule has 0 fully saturated rings. The van der Waals surface area contributed by atoms with Crippen molar-refractivity contribution in [2.24, 2.45) is 5.73 Å². The number of hydrogen-bond donors (Lipinski definition) is 1. The van der Waals surface area contributed by atoms with Crippen LogP contribution in [0.5, 0.6) is 0 Å². The Morgan fingerprint density at radius 2 is 2.21 bits per heavy atom. The zero-order chi connectivity index (χ0) is 10.2. The molecule has 0 aliphatic heterocycles. The van der Waals surface area contributed by atoms with E-state index in [0.717, 1.165) is 5.69 Å². The molecule has 0 saturated carbocycles. The van der Waals surface area contributed by atoms with Gasteiger partial charge in [-0.25, -0.2) is 0 Å². The smallest absolute Gasteiger partial charge is 0.0650 e. The zero-order valence-electron chi connectivity index (χ0n) is 8.45. The lowest BCUT2D eigenvalue weighted by atomic mass is 9.88. The maximum atomic E-state index is 5.76. The second-order valence-electron chi connectivity index (χ2n) is 4.09. The van der Waals surface area contributed by atoms with Gasteiger partial charge in [-0.15, -0.1) is 11.3 Å². The number of hydrogen-bond acceptors (Lipinski definition) is 3. The minimum atomic E-state index is -0.0373. The first kappa shape index (κ1) is 9.62. The number of nitrogens with zero attached hydrogens (tertiary/aromatic N) is 1. The number of aromatic nitrogens is 1. The number of pyridine rings is 1. The van der Waals surface area contributed by atoms with Crippen molar-refractivity contribution in [2.45, 2.75) is 19.3 Å². The highest BCUT2D eigenvalue weighted by molar-refractivity contribution is 7.17. The Kier molecular flexibility index (Phi) is 2.29. The molecular weight excluding hydrogens is 192 g/mol. The van der Waals surface area contributed by atoms with Gasteiger partial charge in [0.2, 0.25) is 0 Å². The molecule has 0 amide bonds. The Bertz CT molecular complexity index is 445. The van der Waals surface area contributed by atoms with Crippen molar-refractivity contribution >= 4 is 21.4 Å². The predicted molar refractivity (Wildman–Crippen MR) is 61.7 cm³/mol. The van der Waals surface area contributed by atoms with Crippen LogP contribution >= 0.6 is 11.3 Å². The van der Waals surface area contributed by atoms with Crippen molar-refractivity contribution in [2.75, 3.05) is 6.54 Å². The minimum Gasteiger partial charge on any atom is -0.330 e. The van der Waals surface area contributed by atoms with Crippen molar-refractivity contribution in [3.05, 3.63) is 29.4 Å². The van der Waals surface area contributed by atoms with E-state index in [0.29, 0.717) is 6.54 Å². The number of nitrogens with two attached hydrogens (primary N) is 1. The summed E-state index contributed by atoms with van der Waals surface area (Å²) < 4.78 is 1.27. The van der Waals surface area contributed by atoms with E-state index in [9.17, 15) is 0 Å². The van der Waals surface area contributed by atoms with Crippen LogP contribution in [0.15, 0.2) is 23.7 Å². The molecule has 0 aliphatic carbocycles. The maximum absolute atomic E-state index is 5.76. The Morgan fingerprint density at radius 1 is 1.43 bits per heavy atom. The summed E-state index contributed by atoms with van der Waals surface area (Å²) in [6.07, 6.45) is 1.86. The van der Waals surface area contributed by atoms with Crippen molar-refractivity contribution in [3.63, 3.8) is 0 Å². The molecule has 2 nitrogen and oxygen atoms in total. The van der Waals surface area contributed by atoms with E-state index in [4.69, 9.17) is 5.73 Å². The first-order valence-electron chi connectivity index (χ1n) is 4.68. The molecule has 2 N–H and O–H groups in total. The van der Waals surface area contributed by atoms with Gasteiger partial charge in [-0.05, 0) is 22.9 Å². The Hall–Kier alpha value is -0.930. The van der Waals surface area contributed by atoms with E-state index in [2.05, 4.69) is 30.3 Å². The Labute approximate surface area is 87.8 Å². The fraction of sp³-hybridized carbons (Fsp3) is 0.364. The lowest BCUT2D eigenvalue weighted by molar-refractivity contribution is 0.528. The zero-order valence-corrected chi connectivity index (χ0v) is 9.27. The maximum Gasteiger partial charge on any atom is 0.0650 e. The van der Waals surface area contributed by atoms with Crippen molar-refractivity contribution in [1.29, 1.82) is 0 Å². The molecule has 74 valence electrons. The lowest BCUT2D eigenvalue weighted by Gasteiger charge is -2.22. The molecule has 0 saturated heterocycles. The van der Waals surface area contributed by atoms with E-state index >= 15 is 0 Å². The van der Waals surface area contributed by atoms with E-state index < -0.39 is 0 Å². The molecule has 0 radical (unpaired) electrons. The highest BCUT2D eigenvalue weighted by Crippen LogP contribution is 2.30. The van der Waals surface area contributed by atoms with Crippen LogP contribution in [0.2, 0.25) is 0 Å². The van der Waals surface area contributed by atoms with Gasteiger partial charge in [0.1, 0.15) is 0 Å². The highest BCUT2D eigenvalue weighted by atomic mass is 32.1. The van der Waals surface area contributed by atoms with Gasteiger partial charge in [-0.1, -0.05) is 13.8 Å². The van der Waals surface area contributed by atoms with Crippen LogP contribution in [0.1, 0.15) is 19.5 Å². The van der Waals surface area contributed by atoms with Gasteiger partial charge in [-0.3, -0.25) is 4.98 Å². The molecule has 2 aromatic rings. The molecule has 2 aromatic heterocycles. The van der Waals surface area contributed by atoms with E-state index in [1.807, 2.05) is 12.3 Å². The highest BCUT2D eigenvalue weighted by Gasteiger charge is 2.22. The van der Waals surface area contributed by atoms with Crippen LogP contribution in [0.3, 0.4) is 0 Å². The van der Waals surface area contributed by atoms with Crippen molar-refractivity contribution in [3.8, 4) is 0 Å². The minimum absolute atomic E-state index is 0.0373. The predicted octanol–water partition coefficient (Wildman–Crippen LogP) is 2.53. The van der Waals surface area contributed by atoms with Crippen LogP contribution in [0, 0.1) is 0 Å². The second kappa shape index (κ2) is 3.33. The summed E-state index contributed by atoms with van der Waals surface area (Å²) in [5.74, 6) is 0. The van der Waals surface area contributed by atoms with Gasteiger partial charge in [0, 0.05) is 18.2 Å². The summed E-state index contributed by atoms with van der Waals surface area (Å²) in [5.41, 5.74) is 6.84. The van der Waals surface area contributed by atoms with Gasteiger partial charge in [0.15, 0.2) is 0 Å². The summed E-state index contributed by atoms with van der Waals surface area (Å²) in [7, 11) is 0. The number of rotatable bonds is 2. The molecule has 14 heavy (non-hydrogen) atoms. The summed E-state index contributed by atoms with van der Waals surface area (Å²) in [6, 6.07) is 4.17. The quantitative estimate of drug-likeness (QED) is 0.820. The SMILES string of the molecule is CC(C)(CN)c1nccc2ccsc12. The molecule has 0 bridgehead atoms. The van der Waals surface area contributed by atoms with Gasteiger partial charge >= 0.3 is 0 Å². The van der Waals surface area contributed by atoms with Crippen LogP contribution in [-0.4, -0.2) is 11.5 Å². The van der Waals surface area contributed by atoms with Gasteiger partial charge in [-0.2, -0.15) is 0 Å². The molecule has 2 rings (SSSR count). The van der Waals surface area contributed by atoms with Crippen LogP contribution in [0.25, 0.3) is 10.1 Å². The van der Waals surface area contributed by atoms with Gasteiger partial charge in [0.05, 0.1) is 10.4 Å². The molecule has 0 aliphatic rings. The summed E-state index contributed by atoms with van der Waals surface area (Å²) in [5, 5.41) is 3.36. The molecular formula is C11H14N2S. The third kappa shape index (κ3) is 1.42. The normalized spacial score (nSPS) is 12.2. The second-order valence-corrected chi connectivity index (χ2v) is 5.00. The average Bonchev–Trinajstić information content (AvgIpc) is 2.64. The van der Waals surface area contributed by atoms with Crippen LogP contribution in [-0.2, 0) is 5.41 Å². The summed E-state index contributed by atoms with van der Waals surface area (Å²) in [4.78, 5) is 4.45. The molecule has 0 aromatic carbocycles. The number of fused-ring (bicyclic) bond motifs is 1. The van der Waals surface area contributed by atoms with E-state index in [-0.39, 0.29) is 5.41 Å². The van der Waals surface area contributed by atoms with Crippen molar-refractivity contribution in [1.82, 2.24) is 4.98 Å². The monoisotopic (exact) mass is 206 g/mol. The van der Waals surface area contributed by atoms with Gasteiger partial charge in [0.25, 0.3) is 0 Å². The average molecular weight is 206 g/mol. The third-order valence-corrected chi connectivity index (χ3v) is 3.46. The molecule has 0 spiro atoms. The Balaban J connectivity index is 2.67. The first-order chi connectivity index (χ1) is 6.65. The van der Waals surface area contributed by atoms with Crippen molar-refractivity contribution < 1.29 is 0 Å². The van der Waals surface area contributed by atoms with Gasteiger partial charge < -0.3 is 5.73 Å². The third-order valence-electron chi connectivity index (χ3n) is 2.52. The van der Waals surface area contributed by atoms with Crippen LogP contribution in [0.4, 0.5) is 0 Å². The summed E-state index contributed by atoms with van der Waals surface area (Å²) in [6.45, 7) is 4.89. The standard InChI is InChI=1S/C11H14N2S/c1-11(2,7-12)10-9-8(3-5-13-10)4-6-14-9/h3-6H,7,12H2,1-2H3. The van der Waals surface area contributed by atoms with E-state index in [1.165, 1.54) is 10.1 Å². The summed E-state index contributed by atoms with van der Waals surface area (Å²) >= 11 is 1.74. The fourth-order valence-electron chi connectivity index (χ4n) is 1.47. The largest absolute Gasteiger partial charge is 0.330 e.